The van der Waals surface area contributed by atoms with Crippen LogP contribution >= 0.6 is 12.2 Å². The van der Waals surface area contributed by atoms with Gasteiger partial charge in [-0.2, -0.15) is 0 Å². The van der Waals surface area contributed by atoms with Gasteiger partial charge < -0.3 is 16.6 Å². The molecule has 1 rings (SSSR count). The molecule has 0 fully saturated rings. The summed E-state index contributed by atoms with van der Waals surface area (Å²) in [6.45, 7) is 0. The molecular formula is C10H10N2O2S. The maximum atomic E-state index is 11.0. The number of aromatic hydroxyl groups is 1. The van der Waals surface area contributed by atoms with Crippen molar-refractivity contribution >= 4 is 29.2 Å². The van der Waals surface area contributed by atoms with Gasteiger partial charge in [0.25, 0.3) is 5.91 Å². The first-order valence-electron chi connectivity index (χ1n) is 4.11. The molecule has 0 bridgehead atoms. The third-order valence-corrected chi connectivity index (χ3v) is 1.99. The fourth-order valence-corrected chi connectivity index (χ4v) is 1.19. The normalized spacial score (nSPS) is 11.1. The van der Waals surface area contributed by atoms with Gasteiger partial charge in [0.15, 0.2) is 0 Å². The number of hydrogen-bond acceptors (Lipinski definition) is 3. The molecule has 5 N–H and O–H groups in total. The van der Waals surface area contributed by atoms with E-state index in [1.807, 2.05) is 0 Å². The van der Waals surface area contributed by atoms with E-state index in [-0.39, 0.29) is 16.3 Å². The second-order valence-corrected chi connectivity index (χ2v) is 3.29. The van der Waals surface area contributed by atoms with Crippen molar-refractivity contribution in [1.82, 2.24) is 0 Å². The number of hydrogen-bond donors (Lipinski definition) is 3. The third-order valence-electron chi connectivity index (χ3n) is 1.77. The first-order chi connectivity index (χ1) is 7.02. The number of carbonyl (C=O) groups is 1. The monoisotopic (exact) mass is 222 g/mol. The van der Waals surface area contributed by atoms with Crippen LogP contribution in [0.25, 0.3) is 6.08 Å². The molecule has 0 atom stereocenters. The largest absolute Gasteiger partial charge is 0.507 e. The average Bonchev–Trinajstić information content (AvgIpc) is 2.15. The van der Waals surface area contributed by atoms with Crippen LogP contribution in [0.5, 0.6) is 5.75 Å². The second kappa shape index (κ2) is 4.56. The zero-order chi connectivity index (χ0) is 11.4. The average molecular weight is 222 g/mol. The number of carbonyl (C=O) groups excluding carboxylic acids is 1. The lowest BCUT2D eigenvalue weighted by Gasteiger charge is -2.02. The standard InChI is InChI=1S/C10H10N2O2S/c11-9(14)7(10(12)15)5-6-3-1-2-4-8(6)13/h1-5,13H,(H2,11,14)(H2,12,15). The van der Waals surface area contributed by atoms with Crippen LogP contribution in [-0.2, 0) is 4.79 Å². The minimum absolute atomic E-state index is 0.0199. The van der Waals surface area contributed by atoms with Crippen LogP contribution in [0.2, 0.25) is 0 Å². The van der Waals surface area contributed by atoms with Crippen molar-refractivity contribution in [3.63, 3.8) is 0 Å². The van der Waals surface area contributed by atoms with Crippen LogP contribution in [0.1, 0.15) is 5.56 Å². The van der Waals surface area contributed by atoms with Crippen LogP contribution in [0, 0.1) is 0 Å². The Hall–Kier alpha value is -1.88. The zero-order valence-corrected chi connectivity index (χ0v) is 8.62. The summed E-state index contributed by atoms with van der Waals surface area (Å²) in [5.41, 5.74) is 10.9. The lowest BCUT2D eigenvalue weighted by molar-refractivity contribution is -0.114. The number of rotatable bonds is 3. The zero-order valence-electron chi connectivity index (χ0n) is 7.81. The topological polar surface area (TPSA) is 89.3 Å². The first kappa shape index (κ1) is 11.2. The Balaban J connectivity index is 3.19. The van der Waals surface area contributed by atoms with Crippen molar-refractivity contribution in [1.29, 1.82) is 0 Å². The molecule has 78 valence electrons. The Labute approximate surface area is 92.2 Å². The number of phenols is 1. The van der Waals surface area contributed by atoms with Crippen molar-refractivity contribution in [3.05, 3.63) is 35.4 Å². The highest BCUT2D eigenvalue weighted by Crippen LogP contribution is 2.18. The molecular weight excluding hydrogens is 212 g/mol. The quantitative estimate of drug-likeness (QED) is 0.514. The molecule has 0 unspecified atom stereocenters. The molecule has 1 aromatic carbocycles. The van der Waals surface area contributed by atoms with Gasteiger partial charge in [0, 0.05) is 5.56 Å². The van der Waals surface area contributed by atoms with E-state index >= 15 is 0 Å². The molecule has 0 aliphatic heterocycles. The Kier molecular flexibility index (Phi) is 3.41. The van der Waals surface area contributed by atoms with Gasteiger partial charge in [0.05, 0.1) is 5.57 Å². The molecule has 15 heavy (non-hydrogen) atoms. The lowest BCUT2D eigenvalue weighted by Crippen LogP contribution is -2.24. The highest BCUT2D eigenvalue weighted by Gasteiger charge is 2.09. The van der Waals surface area contributed by atoms with Crippen LogP contribution in [-0.4, -0.2) is 16.0 Å². The van der Waals surface area contributed by atoms with Crippen molar-refractivity contribution < 1.29 is 9.90 Å². The van der Waals surface area contributed by atoms with Gasteiger partial charge in [-0.3, -0.25) is 4.79 Å². The summed E-state index contributed by atoms with van der Waals surface area (Å²) >= 11 is 4.66. The van der Waals surface area contributed by atoms with Crippen LogP contribution < -0.4 is 11.5 Å². The summed E-state index contributed by atoms with van der Waals surface area (Å²) in [6.07, 6.45) is 1.36. The van der Waals surface area contributed by atoms with Gasteiger partial charge in [-0.25, -0.2) is 0 Å². The molecule has 0 aromatic heterocycles. The molecule has 0 spiro atoms. The van der Waals surface area contributed by atoms with E-state index in [9.17, 15) is 9.90 Å². The second-order valence-electron chi connectivity index (χ2n) is 2.85. The van der Waals surface area contributed by atoms with Gasteiger partial charge in [-0.15, -0.1) is 0 Å². The highest BCUT2D eigenvalue weighted by atomic mass is 32.1. The van der Waals surface area contributed by atoms with Gasteiger partial charge >= 0.3 is 0 Å². The van der Waals surface area contributed by atoms with E-state index in [2.05, 4.69) is 12.2 Å². The Morgan fingerprint density at radius 3 is 2.40 bits per heavy atom. The van der Waals surface area contributed by atoms with E-state index in [1.165, 1.54) is 12.1 Å². The Morgan fingerprint density at radius 2 is 1.93 bits per heavy atom. The van der Waals surface area contributed by atoms with E-state index < -0.39 is 5.91 Å². The van der Waals surface area contributed by atoms with E-state index in [0.717, 1.165) is 0 Å². The lowest BCUT2D eigenvalue weighted by atomic mass is 10.1. The Bertz CT molecular complexity index is 425. The number of thiocarbonyl (C=S) groups is 1. The minimum Gasteiger partial charge on any atom is -0.507 e. The Morgan fingerprint density at radius 1 is 1.33 bits per heavy atom. The number of benzene rings is 1. The predicted molar refractivity (Wildman–Crippen MR) is 62.1 cm³/mol. The number of primary amides is 1. The summed E-state index contributed by atoms with van der Waals surface area (Å²) in [4.78, 5) is 10.9. The van der Waals surface area contributed by atoms with Crippen molar-refractivity contribution in [2.24, 2.45) is 11.5 Å². The smallest absolute Gasteiger partial charge is 0.251 e. The molecule has 1 amide bonds. The van der Waals surface area contributed by atoms with Crippen molar-refractivity contribution in [2.75, 3.05) is 0 Å². The summed E-state index contributed by atoms with van der Waals surface area (Å²) in [5, 5.41) is 9.44. The van der Waals surface area contributed by atoms with Gasteiger partial charge in [-0.05, 0) is 12.1 Å². The minimum atomic E-state index is -0.717. The molecule has 0 aliphatic carbocycles. The van der Waals surface area contributed by atoms with Crippen molar-refractivity contribution in [3.8, 4) is 5.75 Å². The fraction of sp³-hybridized carbons (Fsp3) is 0. The fourth-order valence-electron chi connectivity index (χ4n) is 1.03. The molecule has 0 radical (unpaired) electrons. The van der Waals surface area contributed by atoms with Crippen molar-refractivity contribution in [2.45, 2.75) is 0 Å². The van der Waals surface area contributed by atoms with E-state index in [1.54, 1.807) is 18.2 Å². The summed E-state index contributed by atoms with van der Waals surface area (Å²) in [6, 6.07) is 6.49. The maximum Gasteiger partial charge on any atom is 0.251 e. The SMILES string of the molecule is NC(=O)C(=Cc1ccccc1O)C(N)=S. The molecule has 5 heteroatoms. The highest BCUT2D eigenvalue weighted by molar-refractivity contribution is 7.80. The number of phenolic OH excluding ortho intramolecular Hbond substituents is 1. The predicted octanol–water partition coefficient (Wildman–Crippen LogP) is 0.547. The molecule has 0 heterocycles. The van der Waals surface area contributed by atoms with Gasteiger partial charge in [0.2, 0.25) is 0 Å². The van der Waals surface area contributed by atoms with Crippen LogP contribution in [0.4, 0.5) is 0 Å². The number of para-hydroxylation sites is 1. The van der Waals surface area contributed by atoms with Crippen LogP contribution in [0.3, 0.4) is 0 Å². The van der Waals surface area contributed by atoms with E-state index in [4.69, 9.17) is 11.5 Å². The molecule has 0 saturated carbocycles. The summed E-state index contributed by atoms with van der Waals surface area (Å²) in [7, 11) is 0. The summed E-state index contributed by atoms with van der Waals surface area (Å²) in [5.74, 6) is -0.682. The number of nitrogens with two attached hydrogens (primary N) is 2. The number of amides is 1. The molecule has 0 aliphatic rings. The molecule has 4 nitrogen and oxygen atoms in total. The van der Waals surface area contributed by atoms with Gasteiger partial charge in [-0.1, -0.05) is 30.4 Å². The molecule has 1 aromatic rings. The molecule has 0 saturated heterocycles. The first-order valence-corrected chi connectivity index (χ1v) is 4.52. The van der Waals surface area contributed by atoms with Gasteiger partial charge in [0.1, 0.15) is 10.7 Å². The third kappa shape index (κ3) is 2.78. The van der Waals surface area contributed by atoms with E-state index in [0.29, 0.717) is 5.56 Å². The van der Waals surface area contributed by atoms with Crippen LogP contribution in [0.15, 0.2) is 29.8 Å². The summed E-state index contributed by atoms with van der Waals surface area (Å²) < 4.78 is 0. The maximum absolute atomic E-state index is 11.0.